The maximum Gasteiger partial charge on any atom is 0.181 e. The summed E-state index contributed by atoms with van der Waals surface area (Å²) < 4.78 is 0. The first-order chi connectivity index (χ1) is 7.86. The predicted octanol–water partition coefficient (Wildman–Crippen LogP) is 3.07. The van der Waals surface area contributed by atoms with Gasteiger partial charge in [-0.2, -0.15) is 5.10 Å². The molecule has 0 bridgehead atoms. The largest absolute Gasteiger partial charge is 0.262 e. The van der Waals surface area contributed by atoms with E-state index in [1.807, 2.05) is 0 Å². The standard InChI is InChI=1S/C12H13N3S/c1-16-10-6-4-9(5-7-10)12-13-11(14-15-12)8-2-3-8/h4-8H,2-3H2,1H3,(H,13,14,15). The minimum atomic E-state index is 0.631. The Labute approximate surface area is 98.7 Å². The monoisotopic (exact) mass is 231 g/mol. The molecule has 82 valence electrons. The van der Waals surface area contributed by atoms with Crippen LogP contribution in [-0.2, 0) is 0 Å². The van der Waals surface area contributed by atoms with Crippen LogP contribution in [0, 0.1) is 0 Å². The molecule has 0 saturated heterocycles. The summed E-state index contributed by atoms with van der Waals surface area (Å²) in [6.07, 6.45) is 4.58. The van der Waals surface area contributed by atoms with Gasteiger partial charge < -0.3 is 0 Å². The highest BCUT2D eigenvalue weighted by atomic mass is 32.2. The third-order valence-electron chi connectivity index (χ3n) is 2.81. The van der Waals surface area contributed by atoms with Gasteiger partial charge in [-0.05, 0) is 31.2 Å². The SMILES string of the molecule is CSc1ccc(-c2n[nH]c(C3CC3)n2)cc1. The van der Waals surface area contributed by atoms with Crippen molar-refractivity contribution in [2.45, 2.75) is 23.7 Å². The predicted molar refractivity (Wildman–Crippen MR) is 65.6 cm³/mol. The number of hydrogen-bond acceptors (Lipinski definition) is 3. The summed E-state index contributed by atoms with van der Waals surface area (Å²) in [5.41, 5.74) is 1.08. The second kappa shape index (κ2) is 3.94. The molecule has 16 heavy (non-hydrogen) atoms. The Balaban J connectivity index is 1.88. The molecule has 2 aromatic rings. The van der Waals surface area contributed by atoms with Gasteiger partial charge in [0.15, 0.2) is 5.82 Å². The molecule has 1 heterocycles. The minimum Gasteiger partial charge on any atom is -0.262 e. The van der Waals surface area contributed by atoms with E-state index in [2.05, 4.69) is 45.7 Å². The van der Waals surface area contributed by atoms with E-state index in [0.29, 0.717) is 5.92 Å². The van der Waals surface area contributed by atoms with Crippen LogP contribution in [0.3, 0.4) is 0 Å². The number of rotatable bonds is 3. The Bertz CT molecular complexity index is 485. The van der Waals surface area contributed by atoms with Crippen molar-refractivity contribution in [1.29, 1.82) is 0 Å². The number of H-pyrrole nitrogens is 1. The lowest BCUT2D eigenvalue weighted by atomic mass is 10.2. The van der Waals surface area contributed by atoms with Gasteiger partial charge in [0.2, 0.25) is 0 Å². The van der Waals surface area contributed by atoms with Crippen LogP contribution in [0.2, 0.25) is 0 Å². The number of hydrogen-bond donors (Lipinski definition) is 1. The van der Waals surface area contributed by atoms with Crippen LogP contribution in [-0.4, -0.2) is 21.4 Å². The second-order valence-corrected chi connectivity index (χ2v) is 4.93. The van der Waals surface area contributed by atoms with E-state index < -0.39 is 0 Å². The van der Waals surface area contributed by atoms with Crippen molar-refractivity contribution in [3.05, 3.63) is 30.1 Å². The van der Waals surface area contributed by atoms with Gasteiger partial charge in [0.25, 0.3) is 0 Å². The highest BCUT2D eigenvalue weighted by Crippen LogP contribution is 2.38. The molecule has 1 saturated carbocycles. The molecule has 0 amide bonds. The molecule has 4 heteroatoms. The molecular weight excluding hydrogens is 218 g/mol. The molecule has 1 aliphatic rings. The van der Waals surface area contributed by atoms with Gasteiger partial charge in [-0.3, -0.25) is 5.10 Å². The minimum absolute atomic E-state index is 0.631. The van der Waals surface area contributed by atoms with Gasteiger partial charge in [0, 0.05) is 16.4 Å². The van der Waals surface area contributed by atoms with Crippen LogP contribution in [0.25, 0.3) is 11.4 Å². The molecule has 3 nitrogen and oxygen atoms in total. The number of aromatic nitrogens is 3. The van der Waals surface area contributed by atoms with E-state index in [0.717, 1.165) is 17.2 Å². The van der Waals surface area contributed by atoms with Gasteiger partial charge in [0.1, 0.15) is 5.82 Å². The van der Waals surface area contributed by atoms with Gasteiger partial charge in [-0.15, -0.1) is 11.8 Å². The molecule has 1 aromatic heterocycles. The number of nitrogens with one attached hydrogen (secondary N) is 1. The summed E-state index contributed by atoms with van der Waals surface area (Å²) in [5, 5.41) is 7.29. The summed E-state index contributed by atoms with van der Waals surface area (Å²) in [5.74, 6) is 2.49. The number of benzene rings is 1. The van der Waals surface area contributed by atoms with Crippen molar-refractivity contribution >= 4 is 11.8 Å². The van der Waals surface area contributed by atoms with E-state index in [4.69, 9.17) is 0 Å². The maximum absolute atomic E-state index is 4.52. The molecule has 0 atom stereocenters. The lowest BCUT2D eigenvalue weighted by Gasteiger charge is -1.97. The average molecular weight is 231 g/mol. The van der Waals surface area contributed by atoms with Crippen LogP contribution < -0.4 is 0 Å². The average Bonchev–Trinajstić information content (AvgIpc) is 3.08. The topological polar surface area (TPSA) is 41.6 Å². The smallest absolute Gasteiger partial charge is 0.181 e. The van der Waals surface area contributed by atoms with E-state index in [9.17, 15) is 0 Å². The molecule has 1 aliphatic carbocycles. The molecule has 3 rings (SSSR count). The molecule has 1 fully saturated rings. The van der Waals surface area contributed by atoms with Crippen molar-refractivity contribution in [2.75, 3.05) is 6.26 Å². The highest BCUT2D eigenvalue weighted by molar-refractivity contribution is 7.98. The van der Waals surface area contributed by atoms with E-state index in [-0.39, 0.29) is 0 Å². The van der Waals surface area contributed by atoms with E-state index in [1.54, 1.807) is 11.8 Å². The first-order valence-corrected chi connectivity index (χ1v) is 6.66. The molecule has 0 radical (unpaired) electrons. The van der Waals surface area contributed by atoms with E-state index in [1.165, 1.54) is 17.7 Å². The summed E-state index contributed by atoms with van der Waals surface area (Å²) in [4.78, 5) is 5.79. The number of nitrogens with zero attached hydrogens (tertiary/aromatic N) is 2. The van der Waals surface area contributed by atoms with Crippen LogP contribution in [0.15, 0.2) is 29.2 Å². The van der Waals surface area contributed by atoms with Crippen molar-refractivity contribution in [3.8, 4) is 11.4 Å². The Kier molecular flexibility index (Phi) is 2.44. The second-order valence-electron chi connectivity index (χ2n) is 4.05. The molecular formula is C12H13N3S. The normalized spacial score (nSPS) is 15.3. The number of aromatic amines is 1. The molecule has 1 N–H and O–H groups in total. The Hall–Kier alpha value is -1.29. The van der Waals surface area contributed by atoms with Crippen LogP contribution in [0.4, 0.5) is 0 Å². The number of thioether (sulfide) groups is 1. The van der Waals surface area contributed by atoms with Gasteiger partial charge in [-0.25, -0.2) is 4.98 Å². The van der Waals surface area contributed by atoms with Crippen LogP contribution >= 0.6 is 11.8 Å². The van der Waals surface area contributed by atoms with Gasteiger partial charge in [-0.1, -0.05) is 12.1 Å². The lowest BCUT2D eigenvalue weighted by molar-refractivity contribution is 0.935. The molecule has 0 spiro atoms. The van der Waals surface area contributed by atoms with Crippen molar-refractivity contribution in [3.63, 3.8) is 0 Å². The van der Waals surface area contributed by atoms with Crippen LogP contribution in [0.1, 0.15) is 24.6 Å². The van der Waals surface area contributed by atoms with Crippen molar-refractivity contribution < 1.29 is 0 Å². The summed E-state index contributed by atoms with van der Waals surface area (Å²) >= 11 is 1.74. The van der Waals surface area contributed by atoms with Crippen molar-refractivity contribution in [2.24, 2.45) is 0 Å². The van der Waals surface area contributed by atoms with Crippen molar-refractivity contribution in [1.82, 2.24) is 15.2 Å². The quantitative estimate of drug-likeness (QED) is 0.825. The summed E-state index contributed by atoms with van der Waals surface area (Å²) in [6, 6.07) is 8.36. The highest BCUT2D eigenvalue weighted by Gasteiger charge is 2.27. The zero-order chi connectivity index (χ0) is 11.0. The van der Waals surface area contributed by atoms with E-state index >= 15 is 0 Å². The first-order valence-electron chi connectivity index (χ1n) is 5.43. The fourth-order valence-electron chi connectivity index (χ4n) is 1.68. The third kappa shape index (κ3) is 1.85. The Morgan fingerprint density at radius 2 is 2.00 bits per heavy atom. The maximum atomic E-state index is 4.52. The summed E-state index contributed by atoms with van der Waals surface area (Å²) in [7, 11) is 0. The van der Waals surface area contributed by atoms with Gasteiger partial charge >= 0.3 is 0 Å². The fourth-order valence-corrected chi connectivity index (χ4v) is 2.09. The summed E-state index contributed by atoms with van der Waals surface area (Å²) in [6.45, 7) is 0. The molecule has 0 aliphatic heterocycles. The zero-order valence-corrected chi connectivity index (χ0v) is 9.92. The third-order valence-corrected chi connectivity index (χ3v) is 3.56. The van der Waals surface area contributed by atoms with Crippen LogP contribution in [0.5, 0.6) is 0 Å². The lowest BCUT2D eigenvalue weighted by Crippen LogP contribution is -1.82. The van der Waals surface area contributed by atoms with Gasteiger partial charge in [0.05, 0.1) is 0 Å². The fraction of sp³-hybridized carbons (Fsp3) is 0.333. The Morgan fingerprint density at radius 1 is 1.25 bits per heavy atom. The first kappa shape index (κ1) is 9.90. The molecule has 1 aromatic carbocycles. The Morgan fingerprint density at radius 3 is 2.62 bits per heavy atom. The molecule has 0 unspecified atom stereocenters. The zero-order valence-electron chi connectivity index (χ0n) is 9.10.